The smallest absolute Gasteiger partial charge is 0.234 e. The van der Waals surface area contributed by atoms with Gasteiger partial charge in [-0.2, -0.15) is 0 Å². The van der Waals surface area contributed by atoms with Gasteiger partial charge in [-0.15, -0.1) is 10.2 Å². The first-order valence-electron chi connectivity index (χ1n) is 7.87. The molecule has 1 aromatic carbocycles. The SMILES string of the molecule is O=C(CSc1nnc(C2CC2)n1C1CC1)Nc1ccc(O)cc1. The summed E-state index contributed by atoms with van der Waals surface area (Å²) in [6.45, 7) is 0. The third kappa shape index (κ3) is 3.34. The number of hydrogen-bond acceptors (Lipinski definition) is 5. The molecule has 7 heteroatoms. The summed E-state index contributed by atoms with van der Waals surface area (Å²) >= 11 is 1.44. The van der Waals surface area contributed by atoms with Gasteiger partial charge in [0.05, 0.1) is 5.75 Å². The van der Waals surface area contributed by atoms with Crippen LogP contribution < -0.4 is 5.32 Å². The Labute approximate surface area is 138 Å². The Bertz CT molecular complexity index is 720. The average Bonchev–Trinajstić information content (AvgIpc) is 3.46. The number of anilines is 1. The van der Waals surface area contributed by atoms with Crippen molar-refractivity contribution >= 4 is 23.4 Å². The summed E-state index contributed by atoms with van der Waals surface area (Å²) in [5.74, 6) is 2.08. The number of phenols is 1. The van der Waals surface area contributed by atoms with Crippen LogP contribution in [0.15, 0.2) is 29.4 Å². The highest BCUT2D eigenvalue weighted by molar-refractivity contribution is 7.99. The highest BCUT2D eigenvalue weighted by Crippen LogP contribution is 2.45. The third-order valence-electron chi connectivity index (χ3n) is 4.03. The molecule has 2 aliphatic carbocycles. The van der Waals surface area contributed by atoms with Crippen molar-refractivity contribution in [2.24, 2.45) is 0 Å². The molecule has 2 saturated carbocycles. The maximum absolute atomic E-state index is 12.1. The van der Waals surface area contributed by atoms with Crippen LogP contribution in [0.25, 0.3) is 0 Å². The molecule has 120 valence electrons. The molecule has 0 bridgehead atoms. The summed E-state index contributed by atoms with van der Waals surface area (Å²) in [6, 6.07) is 6.98. The summed E-state index contributed by atoms with van der Waals surface area (Å²) in [4.78, 5) is 12.1. The van der Waals surface area contributed by atoms with Crippen molar-refractivity contribution < 1.29 is 9.90 Å². The van der Waals surface area contributed by atoms with Crippen molar-refractivity contribution in [2.75, 3.05) is 11.1 Å². The average molecular weight is 330 g/mol. The Hall–Kier alpha value is -2.02. The number of nitrogens with zero attached hydrogens (tertiary/aromatic N) is 3. The number of aromatic hydroxyl groups is 1. The number of carbonyl (C=O) groups is 1. The second-order valence-electron chi connectivity index (χ2n) is 6.10. The molecule has 2 aliphatic rings. The van der Waals surface area contributed by atoms with Crippen molar-refractivity contribution in [3.05, 3.63) is 30.1 Å². The molecule has 6 nitrogen and oxygen atoms in total. The lowest BCUT2D eigenvalue weighted by atomic mass is 10.3. The normalized spacial score (nSPS) is 17.2. The number of phenolic OH excluding ortho intramolecular Hbond substituents is 1. The fourth-order valence-corrected chi connectivity index (χ4v) is 3.37. The molecule has 2 aromatic rings. The number of benzene rings is 1. The van der Waals surface area contributed by atoms with Crippen molar-refractivity contribution in [3.63, 3.8) is 0 Å². The van der Waals surface area contributed by atoms with E-state index in [2.05, 4.69) is 20.1 Å². The van der Waals surface area contributed by atoms with Crippen LogP contribution in [0, 0.1) is 0 Å². The summed E-state index contributed by atoms with van der Waals surface area (Å²) in [5, 5.41) is 21.6. The molecule has 0 aliphatic heterocycles. The van der Waals surface area contributed by atoms with Crippen LogP contribution in [0.5, 0.6) is 5.75 Å². The molecule has 23 heavy (non-hydrogen) atoms. The van der Waals surface area contributed by atoms with E-state index in [1.165, 1.54) is 37.4 Å². The lowest BCUT2D eigenvalue weighted by Crippen LogP contribution is -2.14. The third-order valence-corrected chi connectivity index (χ3v) is 4.97. The van der Waals surface area contributed by atoms with Crippen LogP contribution in [-0.4, -0.2) is 31.5 Å². The van der Waals surface area contributed by atoms with Crippen molar-refractivity contribution in [1.82, 2.24) is 14.8 Å². The van der Waals surface area contributed by atoms with E-state index in [1.54, 1.807) is 24.3 Å². The maximum Gasteiger partial charge on any atom is 0.234 e. The van der Waals surface area contributed by atoms with E-state index in [0.717, 1.165) is 11.0 Å². The molecule has 0 spiro atoms. The van der Waals surface area contributed by atoms with Gasteiger partial charge >= 0.3 is 0 Å². The molecule has 0 radical (unpaired) electrons. The van der Waals surface area contributed by atoms with Crippen molar-refractivity contribution in [2.45, 2.75) is 42.8 Å². The van der Waals surface area contributed by atoms with E-state index >= 15 is 0 Å². The number of rotatable bonds is 6. The van der Waals surface area contributed by atoms with Gasteiger partial charge in [0.25, 0.3) is 0 Å². The fourth-order valence-electron chi connectivity index (χ4n) is 2.55. The number of thioether (sulfide) groups is 1. The van der Waals surface area contributed by atoms with Crippen LogP contribution in [0.2, 0.25) is 0 Å². The predicted molar refractivity (Wildman–Crippen MR) is 87.7 cm³/mol. The quantitative estimate of drug-likeness (QED) is 0.629. The highest BCUT2D eigenvalue weighted by atomic mass is 32.2. The summed E-state index contributed by atoms with van der Waals surface area (Å²) < 4.78 is 2.25. The molecule has 0 atom stereocenters. The van der Waals surface area contributed by atoms with Gasteiger partial charge in [0.1, 0.15) is 11.6 Å². The van der Waals surface area contributed by atoms with E-state index in [-0.39, 0.29) is 11.7 Å². The number of aromatic nitrogens is 3. The van der Waals surface area contributed by atoms with Gasteiger partial charge in [-0.3, -0.25) is 4.79 Å². The first kappa shape index (κ1) is 14.6. The monoisotopic (exact) mass is 330 g/mol. The Kier molecular flexibility index (Phi) is 3.72. The fraction of sp³-hybridized carbons (Fsp3) is 0.438. The second kappa shape index (κ2) is 5.88. The first-order chi connectivity index (χ1) is 11.2. The summed E-state index contributed by atoms with van der Waals surface area (Å²) in [7, 11) is 0. The van der Waals surface area contributed by atoms with Crippen LogP contribution >= 0.6 is 11.8 Å². The van der Waals surface area contributed by atoms with E-state index in [1.807, 2.05) is 0 Å². The minimum absolute atomic E-state index is 0.0843. The zero-order chi connectivity index (χ0) is 15.8. The highest BCUT2D eigenvalue weighted by Gasteiger charge is 2.36. The second-order valence-corrected chi connectivity index (χ2v) is 7.04. The van der Waals surface area contributed by atoms with Gasteiger partial charge in [-0.05, 0) is 49.9 Å². The minimum Gasteiger partial charge on any atom is -0.508 e. The Morgan fingerprint density at radius 1 is 1.22 bits per heavy atom. The minimum atomic E-state index is -0.0843. The molecule has 1 heterocycles. The van der Waals surface area contributed by atoms with Gasteiger partial charge in [-0.25, -0.2) is 0 Å². The summed E-state index contributed by atoms with van der Waals surface area (Å²) in [6.07, 6.45) is 4.78. The molecular formula is C16H18N4O2S. The molecular weight excluding hydrogens is 312 g/mol. The molecule has 2 fully saturated rings. The van der Waals surface area contributed by atoms with Gasteiger partial charge < -0.3 is 15.0 Å². The largest absolute Gasteiger partial charge is 0.508 e. The predicted octanol–water partition coefficient (Wildman–Crippen LogP) is 2.93. The topological polar surface area (TPSA) is 80.0 Å². The molecule has 1 amide bonds. The molecule has 4 rings (SSSR count). The zero-order valence-electron chi connectivity index (χ0n) is 12.6. The number of nitrogens with one attached hydrogen (secondary N) is 1. The Morgan fingerprint density at radius 2 is 1.96 bits per heavy atom. The standard InChI is InChI=1S/C16H18N4O2S/c21-13-7-3-11(4-8-13)17-14(22)9-23-16-19-18-15(10-1-2-10)20(16)12-5-6-12/h3-4,7-8,10,12,21H,1-2,5-6,9H2,(H,17,22). The van der Waals surface area contributed by atoms with Crippen molar-refractivity contribution in [3.8, 4) is 5.75 Å². The van der Waals surface area contributed by atoms with Crippen LogP contribution in [-0.2, 0) is 4.79 Å². The lowest BCUT2D eigenvalue weighted by Gasteiger charge is -2.08. The number of hydrogen-bond donors (Lipinski definition) is 2. The van der Waals surface area contributed by atoms with Gasteiger partial charge in [-0.1, -0.05) is 11.8 Å². The molecule has 0 saturated heterocycles. The van der Waals surface area contributed by atoms with Gasteiger partial charge in [0, 0.05) is 17.6 Å². The van der Waals surface area contributed by atoms with Crippen molar-refractivity contribution in [1.29, 1.82) is 0 Å². The lowest BCUT2D eigenvalue weighted by molar-refractivity contribution is -0.113. The first-order valence-corrected chi connectivity index (χ1v) is 8.86. The number of carbonyl (C=O) groups excluding carboxylic acids is 1. The number of amides is 1. The molecule has 0 unspecified atom stereocenters. The van der Waals surface area contributed by atoms with E-state index < -0.39 is 0 Å². The molecule has 2 N–H and O–H groups in total. The maximum atomic E-state index is 12.1. The van der Waals surface area contributed by atoms with Crippen LogP contribution in [0.3, 0.4) is 0 Å². The Balaban J connectivity index is 1.39. The molecule has 1 aromatic heterocycles. The van der Waals surface area contributed by atoms with Gasteiger partial charge in [0.15, 0.2) is 5.16 Å². The van der Waals surface area contributed by atoms with Crippen LogP contribution in [0.1, 0.15) is 43.5 Å². The van der Waals surface area contributed by atoms with E-state index in [0.29, 0.717) is 23.4 Å². The summed E-state index contributed by atoms with van der Waals surface area (Å²) in [5.41, 5.74) is 0.677. The van der Waals surface area contributed by atoms with Crippen LogP contribution in [0.4, 0.5) is 5.69 Å². The zero-order valence-corrected chi connectivity index (χ0v) is 13.4. The Morgan fingerprint density at radius 3 is 2.61 bits per heavy atom. The van der Waals surface area contributed by atoms with E-state index in [9.17, 15) is 9.90 Å². The van der Waals surface area contributed by atoms with E-state index in [4.69, 9.17) is 0 Å². The van der Waals surface area contributed by atoms with Gasteiger partial charge in [0.2, 0.25) is 5.91 Å².